The third-order valence-electron chi connectivity index (χ3n) is 5.93. The molecule has 0 spiro atoms. The summed E-state index contributed by atoms with van der Waals surface area (Å²) in [5.41, 5.74) is 3.27. The average molecular weight is 497 g/mol. The summed E-state index contributed by atoms with van der Waals surface area (Å²) in [6.07, 6.45) is 1.37. The SMILES string of the molecule is Cc1ccc(N2C(=O)/C(=C/c3ccc(-c4cc(Cl)ccc4C)o3)C(=O)N(c3ccccc3)C2=O)cc1. The average Bonchev–Trinajstić information content (AvgIpc) is 3.34. The van der Waals surface area contributed by atoms with Gasteiger partial charge in [0.25, 0.3) is 11.8 Å². The Balaban J connectivity index is 1.60. The Kier molecular flexibility index (Phi) is 6.04. The number of anilines is 2. The van der Waals surface area contributed by atoms with Crippen LogP contribution < -0.4 is 9.80 Å². The summed E-state index contributed by atoms with van der Waals surface area (Å²) in [7, 11) is 0. The van der Waals surface area contributed by atoms with Crippen molar-refractivity contribution in [1.82, 2.24) is 0 Å². The molecule has 1 aliphatic heterocycles. The Morgan fingerprint density at radius 1 is 0.750 bits per heavy atom. The summed E-state index contributed by atoms with van der Waals surface area (Å²) >= 11 is 6.15. The first kappa shape index (κ1) is 23.3. The number of barbiturate groups is 1. The molecule has 0 bridgehead atoms. The van der Waals surface area contributed by atoms with Gasteiger partial charge in [0.2, 0.25) is 0 Å². The molecule has 2 heterocycles. The number of para-hydroxylation sites is 1. The molecule has 7 heteroatoms. The largest absolute Gasteiger partial charge is 0.457 e. The normalized spacial score (nSPS) is 15.2. The van der Waals surface area contributed by atoms with Crippen LogP contribution in [0.2, 0.25) is 5.02 Å². The molecular formula is C29H21ClN2O4. The van der Waals surface area contributed by atoms with Crippen molar-refractivity contribution in [2.45, 2.75) is 13.8 Å². The molecular weight excluding hydrogens is 476 g/mol. The number of carbonyl (C=O) groups excluding carboxylic acids is 3. The van der Waals surface area contributed by atoms with Crippen LogP contribution >= 0.6 is 11.6 Å². The molecule has 1 saturated heterocycles. The fraction of sp³-hybridized carbons (Fsp3) is 0.0690. The van der Waals surface area contributed by atoms with E-state index in [-0.39, 0.29) is 5.57 Å². The van der Waals surface area contributed by atoms with E-state index in [0.717, 1.165) is 26.5 Å². The van der Waals surface area contributed by atoms with Gasteiger partial charge in [0.05, 0.1) is 11.4 Å². The number of carbonyl (C=O) groups is 3. The van der Waals surface area contributed by atoms with Gasteiger partial charge in [-0.2, -0.15) is 0 Å². The van der Waals surface area contributed by atoms with Crippen molar-refractivity contribution < 1.29 is 18.8 Å². The summed E-state index contributed by atoms with van der Waals surface area (Å²) in [6, 6.07) is 23.6. The van der Waals surface area contributed by atoms with Crippen LogP contribution in [0.3, 0.4) is 0 Å². The highest BCUT2D eigenvalue weighted by Gasteiger charge is 2.43. The van der Waals surface area contributed by atoms with E-state index in [1.807, 2.05) is 19.9 Å². The Morgan fingerprint density at radius 3 is 2.06 bits per heavy atom. The van der Waals surface area contributed by atoms with Crippen LogP contribution in [-0.2, 0) is 9.59 Å². The van der Waals surface area contributed by atoms with Crippen molar-refractivity contribution in [3.8, 4) is 11.3 Å². The van der Waals surface area contributed by atoms with E-state index in [2.05, 4.69) is 0 Å². The van der Waals surface area contributed by atoms with E-state index in [1.165, 1.54) is 6.08 Å². The van der Waals surface area contributed by atoms with Gasteiger partial charge < -0.3 is 4.42 Å². The minimum absolute atomic E-state index is 0.192. The monoisotopic (exact) mass is 496 g/mol. The van der Waals surface area contributed by atoms with E-state index in [1.54, 1.807) is 78.9 Å². The van der Waals surface area contributed by atoms with Gasteiger partial charge in [-0.1, -0.05) is 53.6 Å². The third kappa shape index (κ3) is 4.23. The number of nitrogens with zero attached hydrogens (tertiary/aromatic N) is 2. The van der Waals surface area contributed by atoms with Gasteiger partial charge in [-0.3, -0.25) is 9.59 Å². The molecule has 178 valence electrons. The zero-order chi connectivity index (χ0) is 25.4. The number of hydrogen-bond acceptors (Lipinski definition) is 4. The minimum atomic E-state index is -0.744. The molecule has 0 atom stereocenters. The highest BCUT2D eigenvalue weighted by molar-refractivity contribution is 6.46. The first-order chi connectivity index (χ1) is 17.3. The fourth-order valence-corrected chi connectivity index (χ4v) is 4.21. The number of furan rings is 1. The molecule has 4 aromatic rings. The van der Waals surface area contributed by atoms with Crippen LogP contribution in [0.1, 0.15) is 16.9 Å². The number of amides is 4. The zero-order valence-electron chi connectivity index (χ0n) is 19.6. The fourth-order valence-electron chi connectivity index (χ4n) is 4.03. The molecule has 0 saturated carbocycles. The van der Waals surface area contributed by atoms with Crippen molar-refractivity contribution in [2.24, 2.45) is 0 Å². The summed E-state index contributed by atoms with van der Waals surface area (Å²) in [4.78, 5) is 42.4. The molecule has 1 aromatic heterocycles. The van der Waals surface area contributed by atoms with Crippen molar-refractivity contribution in [2.75, 3.05) is 9.80 Å². The number of aryl methyl sites for hydroxylation is 2. The number of benzene rings is 3. The molecule has 0 radical (unpaired) electrons. The third-order valence-corrected chi connectivity index (χ3v) is 6.17. The van der Waals surface area contributed by atoms with E-state index >= 15 is 0 Å². The molecule has 1 fully saturated rings. The van der Waals surface area contributed by atoms with Gasteiger partial charge in [-0.25, -0.2) is 14.6 Å². The topological polar surface area (TPSA) is 70.8 Å². The van der Waals surface area contributed by atoms with Crippen LogP contribution in [-0.4, -0.2) is 17.8 Å². The first-order valence-electron chi connectivity index (χ1n) is 11.3. The van der Waals surface area contributed by atoms with Gasteiger partial charge in [0.1, 0.15) is 17.1 Å². The second-order valence-corrected chi connectivity index (χ2v) is 8.89. The maximum Gasteiger partial charge on any atom is 0.343 e. The molecule has 36 heavy (non-hydrogen) atoms. The van der Waals surface area contributed by atoms with Crippen LogP contribution in [0.4, 0.5) is 16.2 Å². The van der Waals surface area contributed by atoms with E-state index < -0.39 is 17.8 Å². The summed E-state index contributed by atoms with van der Waals surface area (Å²) < 4.78 is 5.97. The van der Waals surface area contributed by atoms with Crippen molar-refractivity contribution >= 4 is 46.9 Å². The second kappa shape index (κ2) is 9.32. The Hall–Kier alpha value is -4.42. The van der Waals surface area contributed by atoms with Gasteiger partial charge in [-0.05, 0) is 74.0 Å². The smallest absolute Gasteiger partial charge is 0.343 e. The molecule has 5 rings (SSSR count). The van der Waals surface area contributed by atoms with Crippen LogP contribution in [0, 0.1) is 13.8 Å². The highest BCUT2D eigenvalue weighted by Crippen LogP contribution is 2.32. The maximum absolute atomic E-state index is 13.5. The van der Waals surface area contributed by atoms with E-state index in [9.17, 15) is 14.4 Å². The predicted molar refractivity (Wildman–Crippen MR) is 140 cm³/mol. The lowest BCUT2D eigenvalue weighted by atomic mass is 10.1. The lowest BCUT2D eigenvalue weighted by Crippen LogP contribution is -2.57. The molecule has 0 unspecified atom stereocenters. The molecule has 0 N–H and O–H groups in total. The van der Waals surface area contributed by atoms with Crippen LogP contribution in [0.5, 0.6) is 0 Å². The quantitative estimate of drug-likeness (QED) is 0.230. The molecule has 1 aliphatic rings. The van der Waals surface area contributed by atoms with Crippen molar-refractivity contribution in [3.05, 3.63) is 112 Å². The summed E-state index contributed by atoms with van der Waals surface area (Å²) in [5.74, 6) is -0.606. The van der Waals surface area contributed by atoms with Gasteiger partial charge >= 0.3 is 6.03 Å². The molecule has 3 aromatic carbocycles. The summed E-state index contributed by atoms with van der Waals surface area (Å²) in [5, 5.41) is 0.565. The highest BCUT2D eigenvalue weighted by atomic mass is 35.5. The zero-order valence-corrected chi connectivity index (χ0v) is 20.3. The molecule has 4 amide bonds. The van der Waals surface area contributed by atoms with Crippen LogP contribution in [0.15, 0.2) is 94.9 Å². The number of hydrogen-bond donors (Lipinski definition) is 0. The number of imide groups is 2. The van der Waals surface area contributed by atoms with Crippen molar-refractivity contribution in [3.63, 3.8) is 0 Å². The number of urea groups is 1. The molecule has 6 nitrogen and oxygen atoms in total. The summed E-state index contributed by atoms with van der Waals surface area (Å²) in [6.45, 7) is 3.84. The van der Waals surface area contributed by atoms with E-state index in [4.69, 9.17) is 16.0 Å². The molecule has 0 aliphatic carbocycles. The first-order valence-corrected chi connectivity index (χ1v) is 11.6. The van der Waals surface area contributed by atoms with Crippen molar-refractivity contribution in [1.29, 1.82) is 0 Å². The Bertz CT molecular complexity index is 1520. The van der Waals surface area contributed by atoms with Crippen LogP contribution in [0.25, 0.3) is 17.4 Å². The van der Waals surface area contributed by atoms with E-state index in [0.29, 0.717) is 27.9 Å². The number of halogens is 1. The lowest BCUT2D eigenvalue weighted by Gasteiger charge is -2.33. The standard InChI is InChI=1S/C29H21ClN2O4/c1-18-8-12-22(13-9-18)32-28(34)25(27(33)31(29(32)35)21-6-4-3-5-7-21)17-23-14-15-26(36-23)24-16-20(30)11-10-19(24)2/h3-17H,1-2H3/b25-17+. The second-order valence-electron chi connectivity index (χ2n) is 8.45. The van der Waals surface area contributed by atoms with Gasteiger partial charge in [0, 0.05) is 10.6 Å². The number of rotatable bonds is 4. The Labute approximate surface area is 213 Å². The Morgan fingerprint density at radius 2 is 1.39 bits per heavy atom. The van der Waals surface area contributed by atoms with Gasteiger partial charge in [0.15, 0.2) is 0 Å². The maximum atomic E-state index is 13.5. The van der Waals surface area contributed by atoms with Gasteiger partial charge in [-0.15, -0.1) is 0 Å². The predicted octanol–water partition coefficient (Wildman–Crippen LogP) is 6.80. The minimum Gasteiger partial charge on any atom is -0.457 e. The lowest BCUT2D eigenvalue weighted by molar-refractivity contribution is -0.121.